The number of aromatic nitrogens is 2. The van der Waals surface area contributed by atoms with Crippen LogP contribution in [0.15, 0.2) is 16.9 Å². The van der Waals surface area contributed by atoms with Crippen LogP contribution < -0.4 is 10.3 Å². The average molecular weight is 401 g/mol. The van der Waals surface area contributed by atoms with Crippen LogP contribution in [-0.4, -0.2) is 18.9 Å². The number of hydrogen-bond acceptors (Lipinski definition) is 3. The number of H-pyrrole nitrogens is 1. The lowest BCUT2D eigenvalue weighted by Gasteiger charge is -2.27. The molecule has 1 fully saturated rings. The summed E-state index contributed by atoms with van der Waals surface area (Å²) >= 11 is 0. The summed E-state index contributed by atoms with van der Waals surface area (Å²) in [6.07, 6.45) is -3.12. The molecule has 1 aliphatic rings. The Hall–Kier alpha value is -1.74. The fourth-order valence-corrected chi connectivity index (χ4v) is 3.86. The number of halogens is 3. The lowest BCUT2D eigenvalue weighted by atomic mass is 9.95. The highest BCUT2D eigenvalue weighted by atomic mass is 32.2. The third-order valence-corrected chi connectivity index (χ3v) is 6.10. The highest BCUT2D eigenvalue weighted by molar-refractivity contribution is 7.84. The number of aromatic amines is 1. The third-order valence-electron chi connectivity index (χ3n) is 4.52. The number of nitrogens with zero attached hydrogens (tertiary/aromatic N) is 1. The SMILES string of the molecule is Cc1nc2cc(C(F)(F)F)c(C(NS(=O)C(C)(C)C)C3CC3)cc2c(=O)[nH]1. The van der Waals surface area contributed by atoms with E-state index >= 15 is 0 Å². The average Bonchev–Trinajstić information content (AvgIpc) is 3.34. The van der Waals surface area contributed by atoms with Crippen LogP contribution in [0.3, 0.4) is 0 Å². The largest absolute Gasteiger partial charge is 0.416 e. The fourth-order valence-electron chi connectivity index (χ4n) is 2.96. The molecule has 1 aromatic heterocycles. The van der Waals surface area contributed by atoms with E-state index in [2.05, 4.69) is 14.7 Å². The van der Waals surface area contributed by atoms with Gasteiger partial charge in [-0.05, 0) is 64.2 Å². The molecule has 0 spiro atoms. The molecule has 0 radical (unpaired) electrons. The molecule has 148 valence electrons. The topological polar surface area (TPSA) is 74.8 Å². The van der Waals surface area contributed by atoms with Crippen molar-refractivity contribution in [1.29, 1.82) is 0 Å². The Kier molecular flexibility index (Phi) is 4.96. The molecule has 1 aliphatic carbocycles. The van der Waals surface area contributed by atoms with Crippen LogP contribution in [0.25, 0.3) is 10.9 Å². The van der Waals surface area contributed by atoms with Gasteiger partial charge in [-0.3, -0.25) is 4.79 Å². The zero-order valence-corrected chi connectivity index (χ0v) is 16.3. The Morgan fingerprint density at radius 2 is 1.89 bits per heavy atom. The number of fused-ring (bicyclic) bond motifs is 1. The van der Waals surface area contributed by atoms with Crippen molar-refractivity contribution in [2.75, 3.05) is 0 Å². The van der Waals surface area contributed by atoms with E-state index in [4.69, 9.17) is 0 Å². The molecule has 0 aliphatic heterocycles. The van der Waals surface area contributed by atoms with E-state index in [1.807, 2.05) is 0 Å². The Morgan fingerprint density at radius 3 is 2.41 bits per heavy atom. The van der Waals surface area contributed by atoms with E-state index in [0.717, 1.165) is 18.9 Å². The summed E-state index contributed by atoms with van der Waals surface area (Å²) in [5.41, 5.74) is -1.38. The molecule has 2 atom stereocenters. The van der Waals surface area contributed by atoms with Crippen LogP contribution in [0.5, 0.6) is 0 Å². The summed E-state index contributed by atoms with van der Waals surface area (Å²) in [7, 11) is -1.55. The van der Waals surface area contributed by atoms with Gasteiger partial charge >= 0.3 is 6.18 Å². The van der Waals surface area contributed by atoms with Gasteiger partial charge in [0.2, 0.25) is 0 Å². The monoisotopic (exact) mass is 401 g/mol. The molecule has 1 saturated carbocycles. The van der Waals surface area contributed by atoms with Gasteiger partial charge in [-0.2, -0.15) is 13.2 Å². The molecule has 2 unspecified atom stereocenters. The second kappa shape index (κ2) is 6.70. The molecule has 27 heavy (non-hydrogen) atoms. The zero-order chi connectivity index (χ0) is 20.1. The Morgan fingerprint density at radius 1 is 1.26 bits per heavy atom. The van der Waals surface area contributed by atoms with E-state index < -0.39 is 39.1 Å². The number of benzene rings is 1. The minimum Gasteiger partial charge on any atom is -0.310 e. The molecule has 0 bridgehead atoms. The lowest BCUT2D eigenvalue weighted by Crippen LogP contribution is -2.37. The highest BCUT2D eigenvalue weighted by Gasteiger charge is 2.42. The first-order chi connectivity index (χ1) is 12.4. The Bertz CT molecular complexity index is 959. The van der Waals surface area contributed by atoms with Crippen LogP contribution in [-0.2, 0) is 17.2 Å². The van der Waals surface area contributed by atoms with Crippen LogP contribution in [0, 0.1) is 12.8 Å². The molecule has 3 rings (SSSR count). The van der Waals surface area contributed by atoms with E-state index in [-0.39, 0.29) is 28.2 Å². The van der Waals surface area contributed by atoms with E-state index in [9.17, 15) is 22.2 Å². The standard InChI is InChI=1S/C18H22F3N3O2S/c1-9-22-14-8-13(18(19,20)21)11(7-12(14)16(25)23-9)15(10-5-6-10)24-27(26)17(2,3)4/h7-8,10,15,24H,5-6H2,1-4H3,(H,22,23,25). The number of nitrogens with one attached hydrogen (secondary N) is 2. The number of alkyl halides is 3. The second-order valence-electron chi connectivity index (χ2n) is 7.92. The second-order valence-corrected chi connectivity index (χ2v) is 9.92. The summed E-state index contributed by atoms with van der Waals surface area (Å²) in [6.45, 7) is 6.77. The molecule has 1 heterocycles. The molecular weight excluding hydrogens is 379 g/mol. The van der Waals surface area contributed by atoms with Gasteiger partial charge in [-0.15, -0.1) is 0 Å². The van der Waals surface area contributed by atoms with Crippen LogP contribution in [0.4, 0.5) is 13.2 Å². The van der Waals surface area contributed by atoms with Gasteiger partial charge in [-0.1, -0.05) is 0 Å². The maximum atomic E-state index is 13.8. The van der Waals surface area contributed by atoms with Crippen molar-refractivity contribution in [1.82, 2.24) is 14.7 Å². The maximum Gasteiger partial charge on any atom is 0.416 e. The molecule has 2 N–H and O–H groups in total. The van der Waals surface area contributed by atoms with Gasteiger partial charge in [0.05, 0.1) is 32.2 Å². The van der Waals surface area contributed by atoms with Gasteiger partial charge < -0.3 is 4.98 Å². The summed E-state index contributed by atoms with van der Waals surface area (Å²) in [4.78, 5) is 18.8. The normalized spacial score (nSPS) is 17.9. The van der Waals surface area contributed by atoms with E-state index in [0.29, 0.717) is 0 Å². The first-order valence-electron chi connectivity index (χ1n) is 8.68. The quantitative estimate of drug-likeness (QED) is 0.819. The van der Waals surface area contributed by atoms with E-state index in [1.165, 1.54) is 13.0 Å². The zero-order valence-electron chi connectivity index (χ0n) is 15.5. The summed E-state index contributed by atoms with van der Waals surface area (Å²) < 4.78 is 56.1. The van der Waals surface area contributed by atoms with Crippen LogP contribution in [0.2, 0.25) is 0 Å². The molecule has 1 aromatic carbocycles. The highest BCUT2D eigenvalue weighted by Crippen LogP contribution is 2.46. The van der Waals surface area contributed by atoms with Crippen molar-refractivity contribution in [2.24, 2.45) is 5.92 Å². The van der Waals surface area contributed by atoms with Gasteiger partial charge in [-0.25, -0.2) is 13.9 Å². The van der Waals surface area contributed by atoms with Crippen molar-refractivity contribution in [3.8, 4) is 0 Å². The van der Waals surface area contributed by atoms with Crippen molar-refractivity contribution in [3.05, 3.63) is 39.4 Å². The third kappa shape index (κ3) is 4.24. The predicted octanol–water partition coefficient (Wildman–Crippen LogP) is 3.75. The van der Waals surface area contributed by atoms with Crippen LogP contribution in [0.1, 0.15) is 56.6 Å². The lowest BCUT2D eigenvalue weighted by molar-refractivity contribution is -0.138. The van der Waals surface area contributed by atoms with Crippen molar-refractivity contribution < 1.29 is 17.4 Å². The smallest absolute Gasteiger partial charge is 0.310 e. The minimum atomic E-state index is -4.61. The number of hydrogen-bond donors (Lipinski definition) is 2. The molecule has 0 saturated heterocycles. The van der Waals surface area contributed by atoms with Gasteiger partial charge in [0.1, 0.15) is 5.82 Å². The first kappa shape index (κ1) is 20.0. The number of aryl methyl sites for hydroxylation is 1. The van der Waals surface area contributed by atoms with Crippen molar-refractivity contribution in [2.45, 2.75) is 57.5 Å². The molecular formula is C18H22F3N3O2S. The number of rotatable bonds is 4. The van der Waals surface area contributed by atoms with E-state index in [1.54, 1.807) is 20.8 Å². The molecule has 9 heteroatoms. The minimum absolute atomic E-state index is 0.00110. The maximum absolute atomic E-state index is 13.8. The van der Waals surface area contributed by atoms with Gasteiger partial charge in [0.15, 0.2) is 0 Å². The summed E-state index contributed by atoms with van der Waals surface area (Å²) in [5.74, 6) is 0.200. The predicted molar refractivity (Wildman–Crippen MR) is 98.6 cm³/mol. The van der Waals surface area contributed by atoms with Crippen molar-refractivity contribution in [3.63, 3.8) is 0 Å². The molecule has 0 amide bonds. The first-order valence-corrected chi connectivity index (χ1v) is 9.82. The molecule has 2 aromatic rings. The Labute approximate surface area is 157 Å². The fraction of sp³-hybridized carbons (Fsp3) is 0.556. The molecule has 5 nitrogen and oxygen atoms in total. The summed E-state index contributed by atoms with van der Waals surface area (Å²) in [5, 5.41) is 0.0950. The summed E-state index contributed by atoms with van der Waals surface area (Å²) in [6, 6.07) is 1.43. The van der Waals surface area contributed by atoms with Gasteiger partial charge in [0, 0.05) is 6.04 Å². The van der Waals surface area contributed by atoms with Crippen molar-refractivity contribution >= 4 is 21.9 Å². The van der Waals surface area contributed by atoms with Crippen LogP contribution >= 0.6 is 0 Å². The van der Waals surface area contributed by atoms with Gasteiger partial charge in [0.25, 0.3) is 5.56 Å². The Balaban J connectivity index is 2.20.